The van der Waals surface area contributed by atoms with Gasteiger partial charge in [0.25, 0.3) is 0 Å². The summed E-state index contributed by atoms with van der Waals surface area (Å²) in [5, 5.41) is 0. The maximum Gasteiger partial charge on any atom is 0.244 e. The van der Waals surface area contributed by atoms with Crippen molar-refractivity contribution in [2.45, 2.75) is 18.7 Å². The van der Waals surface area contributed by atoms with Crippen LogP contribution in [-0.4, -0.2) is 83.7 Å². The van der Waals surface area contributed by atoms with Crippen LogP contribution in [-0.2, 0) is 19.6 Å². The van der Waals surface area contributed by atoms with Gasteiger partial charge in [-0.15, -0.1) is 0 Å². The van der Waals surface area contributed by atoms with Crippen LogP contribution >= 0.6 is 0 Å². The van der Waals surface area contributed by atoms with Gasteiger partial charge in [0.1, 0.15) is 10.6 Å². The van der Waals surface area contributed by atoms with Gasteiger partial charge >= 0.3 is 0 Å². The molecule has 0 spiro atoms. The Balaban J connectivity index is 1.91. The molecule has 0 saturated carbocycles. The summed E-state index contributed by atoms with van der Waals surface area (Å²) in [6.07, 6.45) is 0. The second-order valence-corrected chi connectivity index (χ2v) is 8.25. The van der Waals surface area contributed by atoms with Crippen molar-refractivity contribution in [2.24, 2.45) is 0 Å². The number of carbonyl (C=O) groups is 1. The lowest BCUT2D eigenvalue weighted by atomic mass is 10.2. The zero-order valence-electron chi connectivity index (χ0n) is 16.2. The second kappa shape index (κ2) is 10.0. The zero-order valence-corrected chi connectivity index (χ0v) is 17.0. The highest BCUT2D eigenvalue weighted by molar-refractivity contribution is 7.89. The lowest BCUT2D eigenvalue weighted by molar-refractivity contribution is -0.129. The summed E-state index contributed by atoms with van der Waals surface area (Å²) < 4.78 is 38.2. The van der Waals surface area contributed by atoms with Crippen LogP contribution in [0.4, 0.5) is 0 Å². The minimum atomic E-state index is -3.72. The van der Waals surface area contributed by atoms with E-state index in [-0.39, 0.29) is 17.3 Å². The Kier molecular flexibility index (Phi) is 8.03. The molecule has 1 amide bonds. The molecule has 0 atom stereocenters. The minimum Gasteiger partial charge on any atom is -0.495 e. The maximum atomic E-state index is 12.6. The van der Waals surface area contributed by atoms with Gasteiger partial charge in [-0.3, -0.25) is 9.69 Å². The zero-order chi connectivity index (χ0) is 19.9. The summed E-state index contributed by atoms with van der Waals surface area (Å²) in [4.78, 5) is 15.9. The third-order valence-corrected chi connectivity index (χ3v) is 6.00. The van der Waals surface area contributed by atoms with E-state index in [9.17, 15) is 13.2 Å². The number of aryl methyl sites for hydroxylation is 1. The first kappa shape index (κ1) is 21.6. The number of carbonyl (C=O) groups excluding carboxylic acids is 1. The summed E-state index contributed by atoms with van der Waals surface area (Å²) in [6, 6.07) is 5.00. The van der Waals surface area contributed by atoms with E-state index in [1.807, 2.05) is 6.92 Å². The highest BCUT2D eigenvalue weighted by Gasteiger charge is 2.20. The molecule has 1 fully saturated rings. The molecular formula is C18H29N3O5S. The number of benzene rings is 1. The lowest BCUT2D eigenvalue weighted by Crippen LogP contribution is -2.44. The third kappa shape index (κ3) is 6.46. The largest absolute Gasteiger partial charge is 0.495 e. The number of nitrogens with one attached hydrogen (secondary N) is 1. The smallest absolute Gasteiger partial charge is 0.244 e. The van der Waals surface area contributed by atoms with E-state index in [0.717, 1.165) is 25.2 Å². The van der Waals surface area contributed by atoms with Gasteiger partial charge < -0.3 is 14.4 Å². The Hall–Kier alpha value is -1.68. The first-order valence-electron chi connectivity index (χ1n) is 9.03. The number of sulfonamides is 1. The monoisotopic (exact) mass is 399 g/mol. The van der Waals surface area contributed by atoms with Gasteiger partial charge in [-0.2, -0.15) is 0 Å². The van der Waals surface area contributed by atoms with Gasteiger partial charge in [0.15, 0.2) is 0 Å². The van der Waals surface area contributed by atoms with Gasteiger partial charge in [-0.25, -0.2) is 13.1 Å². The van der Waals surface area contributed by atoms with Gasteiger partial charge in [0, 0.05) is 46.2 Å². The van der Waals surface area contributed by atoms with Crippen molar-refractivity contribution in [3.8, 4) is 5.75 Å². The molecular weight excluding hydrogens is 370 g/mol. The topological polar surface area (TPSA) is 88.2 Å². The number of hydrogen-bond acceptors (Lipinski definition) is 6. The van der Waals surface area contributed by atoms with E-state index in [1.165, 1.54) is 14.0 Å². The Labute approximate surface area is 161 Å². The highest BCUT2D eigenvalue weighted by atomic mass is 32.2. The van der Waals surface area contributed by atoms with Crippen LogP contribution in [0.2, 0.25) is 0 Å². The lowest BCUT2D eigenvalue weighted by Gasteiger charge is -2.29. The quantitative estimate of drug-likeness (QED) is 0.649. The first-order chi connectivity index (χ1) is 12.8. The molecule has 8 nitrogen and oxygen atoms in total. The van der Waals surface area contributed by atoms with Crippen molar-refractivity contribution in [1.29, 1.82) is 0 Å². The molecule has 9 heteroatoms. The van der Waals surface area contributed by atoms with E-state index >= 15 is 0 Å². The summed E-state index contributed by atoms with van der Waals surface area (Å²) >= 11 is 0. The SMILES string of the molecule is COc1ccc(C)cc1S(=O)(=O)NCCN(CCN1CCOCC1)C(C)=O. The molecule has 0 aliphatic carbocycles. The predicted octanol–water partition coefficient (Wildman–Crippen LogP) is 0.463. The molecule has 0 radical (unpaired) electrons. The molecule has 1 saturated heterocycles. The van der Waals surface area contributed by atoms with Gasteiger partial charge in [-0.1, -0.05) is 6.07 Å². The Bertz CT molecular complexity index is 733. The normalized spacial score (nSPS) is 15.5. The molecule has 152 valence electrons. The minimum absolute atomic E-state index is 0.0735. The van der Waals surface area contributed by atoms with Crippen LogP contribution in [0.5, 0.6) is 5.75 Å². The fourth-order valence-corrected chi connectivity index (χ4v) is 4.17. The van der Waals surface area contributed by atoms with Crippen LogP contribution < -0.4 is 9.46 Å². The van der Waals surface area contributed by atoms with Crippen LogP contribution in [0.1, 0.15) is 12.5 Å². The predicted molar refractivity (Wildman–Crippen MR) is 102 cm³/mol. The molecule has 0 bridgehead atoms. The molecule has 2 rings (SSSR count). The number of ether oxygens (including phenoxy) is 2. The van der Waals surface area contributed by atoms with Crippen LogP contribution in [0.15, 0.2) is 23.1 Å². The molecule has 0 unspecified atom stereocenters. The Morgan fingerprint density at radius 3 is 2.63 bits per heavy atom. The van der Waals surface area contributed by atoms with E-state index in [2.05, 4.69) is 9.62 Å². The maximum absolute atomic E-state index is 12.6. The second-order valence-electron chi connectivity index (χ2n) is 6.51. The van der Waals surface area contributed by atoms with Crippen LogP contribution in [0.3, 0.4) is 0 Å². The van der Waals surface area contributed by atoms with Crippen molar-refractivity contribution in [3.05, 3.63) is 23.8 Å². The number of methoxy groups -OCH3 is 1. The van der Waals surface area contributed by atoms with Gasteiger partial charge in [0.05, 0.1) is 20.3 Å². The molecule has 0 aromatic heterocycles. The van der Waals surface area contributed by atoms with Crippen molar-refractivity contribution in [3.63, 3.8) is 0 Å². The van der Waals surface area contributed by atoms with Gasteiger partial charge in [0.2, 0.25) is 15.9 Å². The Morgan fingerprint density at radius 1 is 1.30 bits per heavy atom. The van der Waals surface area contributed by atoms with Crippen molar-refractivity contribution in [2.75, 3.05) is 59.6 Å². The van der Waals surface area contributed by atoms with Crippen molar-refractivity contribution in [1.82, 2.24) is 14.5 Å². The highest BCUT2D eigenvalue weighted by Crippen LogP contribution is 2.24. The van der Waals surface area contributed by atoms with E-state index in [1.54, 1.807) is 23.1 Å². The fraction of sp³-hybridized carbons (Fsp3) is 0.611. The summed E-state index contributed by atoms with van der Waals surface area (Å²) in [7, 11) is -2.28. The summed E-state index contributed by atoms with van der Waals surface area (Å²) in [5.74, 6) is 0.222. The molecule has 27 heavy (non-hydrogen) atoms. The number of rotatable bonds is 9. The van der Waals surface area contributed by atoms with E-state index in [0.29, 0.717) is 32.1 Å². The van der Waals surface area contributed by atoms with Crippen molar-refractivity contribution < 1.29 is 22.7 Å². The number of nitrogens with zero attached hydrogens (tertiary/aromatic N) is 2. The number of amides is 1. The molecule has 1 N–H and O–H groups in total. The van der Waals surface area contributed by atoms with Crippen molar-refractivity contribution >= 4 is 15.9 Å². The standard InChI is InChI=1S/C18H29N3O5S/c1-15-4-5-17(25-3)18(14-15)27(23,24)19-6-7-21(16(2)22)9-8-20-10-12-26-13-11-20/h4-5,14,19H,6-13H2,1-3H3. The average Bonchev–Trinajstić information content (AvgIpc) is 2.65. The number of morpholine rings is 1. The summed E-state index contributed by atoms with van der Waals surface area (Å²) in [6.45, 7) is 8.20. The fourth-order valence-electron chi connectivity index (χ4n) is 2.90. The average molecular weight is 400 g/mol. The third-order valence-electron chi connectivity index (χ3n) is 4.52. The summed E-state index contributed by atoms with van der Waals surface area (Å²) in [5.41, 5.74) is 0.826. The molecule has 1 aromatic rings. The molecule has 1 aromatic carbocycles. The molecule has 1 aliphatic heterocycles. The van der Waals surface area contributed by atoms with Gasteiger partial charge in [-0.05, 0) is 24.6 Å². The van der Waals surface area contributed by atoms with E-state index in [4.69, 9.17) is 9.47 Å². The first-order valence-corrected chi connectivity index (χ1v) is 10.5. The molecule has 1 heterocycles. The van der Waals surface area contributed by atoms with Crippen LogP contribution in [0.25, 0.3) is 0 Å². The van der Waals surface area contributed by atoms with Crippen LogP contribution in [0, 0.1) is 6.92 Å². The van der Waals surface area contributed by atoms with E-state index < -0.39 is 10.0 Å². The molecule has 1 aliphatic rings. The number of hydrogen-bond donors (Lipinski definition) is 1. The Morgan fingerprint density at radius 2 is 2.00 bits per heavy atom.